The molecule has 2 amide bonds. The molecule has 6 nitrogen and oxygen atoms in total. The Morgan fingerprint density at radius 2 is 2.04 bits per heavy atom. The Bertz CT molecular complexity index is 771. The lowest BCUT2D eigenvalue weighted by Crippen LogP contribution is -2.53. The fourth-order valence-electron chi connectivity index (χ4n) is 2.39. The third kappa shape index (κ3) is 4.49. The maximum atomic E-state index is 12.6. The van der Waals surface area contributed by atoms with E-state index in [0.717, 1.165) is 0 Å². The lowest BCUT2D eigenvalue weighted by Gasteiger charge is -2.27. The molecular formula is C19H22N2O4S. The highest BCUT2D eigenvalue weighted by molar-refractivity contribution is 7.80. The lowest BCUT2D eigenvalue weighted by molar-refractivity contribution is -0.128. The fraction of sp³-hybridized carbons (Fsp3) is 0.316. The van der Waals surface area contributed by atoms with Crippen LogP contribution in [0.5, 0.6) is 11.5 Å². The van der Waals surface area contributed by atoms with Gasteiger partial charge in [-0.05, 0) is 56.8 Å². The molecule has 7 heteroatoms. The molecule has 1 aliphatic heterocycles. The van der Waals surface area contributed by atoms with E-state index in [2.05, 4.69) is 11.9 Å². The van der Waals surface area contributed by atoms with Gasteiger partial charge in [-0.3, -0.25) is 19.8 Å². The molecule has 0 bridgehead atoms. The van der Waals surface area contributed by atoms with Crippen molar-refractivity contribution in [2.45, 2.75) is 26.9 Å². The maximum Gasteiger partial charge on any atom is 0.265 e. The molecule has 0 aromatic heterocycles. The number of rotatable bonds is 7. The minimum absolute atomic E-state index is 0.000395. The van der Waals surface area contributed by atoms with Crippen molar-refractivity contribution >= 4 is 35.2 Å². The summed E-state index contributed by atoms with van der Waals surface area (Å²) in [5.41, 5.74) is 0.648. The van der Waals surface area contributed by atoms with Gasteiger partial charge in [0.1, 0.15) is 5.57 Å². The van der Waals surface area contributed by atoms with Gasteiger partial charge in [-0.1, -0.05) is 12.1 Å². The van der Waals surface area contributed by atoms with Crippen LogP contribution in [0.4, 0.5) is 0 Å². The number of thiocarbonyl (C=S) groups is 1. The number of nitrogens with one attached hydrogen (secondary N) is 1. The summed E-state index contributed by atoms with van der Waals surface area (Å²) < 4.78 is 11.3. The molecule has 138 valence electrons. The number of hydrogen-bond donors (Lipinski definition) is 1. The Kier molecular flexibility index (Phi) is 6.52. The van der Waals surface area contributed by atoms with Crippen molar-refractivity contribution < 1.29 is 19.1 Å². The molecule has 1 heterocycles. The zero-order chi connectivity index (χ0) is 19.3. The quantitative estimate of drug-likeness (QED) is 0.344. The number of carbonyl (C=O) groups excluding carboxylic acids is 2. The number of carbonyl (C=O) groups is 2. The second-order valence-electron chi connectivity index (χ2n) is 5.83. The van der Waals surface area contributed by atoms with Crippen LogP contribution in [0.2, 0.25) is 0 Å². The van der Waals surface area contributed by atoms with Gasteiger partial charge in [0, 0.05) is 6.54 Å². The first-order chi connectivity index (χ1) is 12.4. The van der Waals surface area contributed by atoms with E-state index in [1.54, 1.807) is 24.3 Å². The zero-order valence-electron chi connectivity index (χ0n) is 15.1. The van der Waals surface area contributed by atoms with Crippen LogP contribution in [-0.2, 0) is 9.59 Å². The fourth-order valence-corrected chi connectivity index (χ4v) is 2.64. The third-order valence-corrected chi connectivity index (χ3v) is 3.76. The van der Waals surface area contributed by atoms with Gasteiger partial charge in [0.15, 0.2) is 16.6 Å². The smallest absolute Gasteiger partial charge is 0.265 e. The third-order valence-electron chi connectivity index (χ3n) is 3.44. The van der Waals surface area contributed by atoms with E-state index >= 15 is 0 Å². The van der Waals surface area contributed by atoms with Crippen molar-refractivity contribution in [1.29, 1.82) is 0 Å². The summed E-state index contributed by atoms with van der Waals surface area (Å²) in [6.07, 6.45) is 3.06. The van der Waals surface area contributed by atoms with E-state index in [1.807, 2.05) is 20.8 Å². The van der Waals surface area contributed by atoms with Crippen LogP contribution in [0.15, 0.2) is 36.4 Å². The summed E-state index contributed by atoms with van der Waals surface area (Å²) in [5.74, 6) is 0.176. The van der Waals surface area contributed by atoms with Gasteiger partial charge in [-0.25, -0.2) is 0 Å². The van der Waals surface area contributed by atoms with E-state index in [9.17, 15) is 9.59 Å². The molecule has 0 spiro atoms. The number of benzene rings is 1. The molecule has 0 unspecified atom stereocenters. The molecule has 0 atom stereocenters. The Morgan fingerprint density at radius 1 is 1.31 bits per heavy atom. The maximum absolute atomic E-state index is 12.6. The molecule has 1 aromatic rings. The first-order valence-corrected chi connectivity index (χ1v) is 8.71. The van der Waals surface area contributed by atoms with E-state index in [1.165, 1.54) is 11.0 Å². The highest BCUT2D eigenvalue weighted by atomic mass is 32.1. The first kappa shape index (κ1) is 19.7. The summed E-state index contributed by atoms with van der Waals surface area (Å²) in [4.78, 5) is 26.1. The number of ether oxygens (including phenoxy) is 2. The Hall–Kier alpha value is -2.67. The summed E-state index contributed by atoms with van der Waals surface area (Å²) in [5, 5.41) is 2.59. The zero-order valence-corrected chi connectivity index (χ0v) is 15.9. The van der Waals surface area contributed by atoms with Crippen molar-refractivity contribution in [3.05, 3.63) is 42.0 Å². The SMILES string of the molecule is C=CCN1C(=O)C(=Cc2ccc(OC(C)C)c(OCC)c2)C(=O)NC1=S. The molecule has 0 aliphatic carbocycles. The molecule has 0 saturated carbocycles. The van der Waals surface area contributed by atoms with Crippen LogP contribution in [-0.4, -0.2) is 41.1 Å². The van der Waals surface area contributed by atoms with Gasteiger partial charge in [0.25, 0.3) is 11.8 Å². The Morgan fingerprint density at radius 3 is 2.65 bits per heavy atom. The Balaban J connectivity index is 2.38. The molecule has 2 rings (SSSR count). The van der Waals surface area contributed by atoms with Gasteiger partial charge in [-0.2, -0.15) is 0 Å². The van der Waals surface area contributed by atoms with Gasteiger partial charge >= 0.3 is 0 Å². The van der Waals surface area contributed by atoms with Crippen LogP contribution < -0.4 is 14.8 Å². The number of nitrogens with zero attached hydrogens (tertiary/aromatic N) is 1. The normalized spacial score (nSPS) is 16.1. The predicted molar refractivity (Wildman–Crippen MR) is 104 cm³/mol. The lowest BCUT2D eigenvalue weighted by atomic mass is 10.1. The van der Waals surface area contributed by atoms with Crippen molar-refractivity contribution in [2.75, 3.05) is 13.2 Å². The molecular weight excluding hydrogens is 352 g/mol. The molecule has 1 N–H and O–H groups in total. The highest BCUT2D eigenvalue weighted by Gasteiger charge is 2.32. The van der Waals surface area contributed by atoms with Gasteiger partial charge in [0.2, 0.25) is 0 Å². The highest BCUT2D eigenvalue weighted by Crippen LogP contribution is 2.30. The second-order valence-corrected chi connectivity index (χ2v) is 6.21. The number of hydrogen-bond acceptors (Lipinski definition) is 5. The van der Waals surface area contributed by atoms with E-state index in [-0.39, 0.29) is 23.3 Å². The summed E-state index contributed by atoms with van der Waals surface area (Å²) in [6.45, 7) is 10.0. The van der Waals surface area contributed by atoms with Crippen LogP contribution >= 0.6 is 12.2 Å². The van der Waals surface area contributed by atoms with Crippen molar-refractivity contribution in [3.8, 4) is 11.5 Å². The molecule has 1 aliphatic rings. The first-order valence-electron chi connectivity index (χ1n) is 8.30. The number of amides is 2. The minimum atomic E-state index is -0.527. The molecule has 26 heavy (non-hydrogen) atoms. The average molecular weight is 374 g/mol. The summed E-state index contributed by atoms with van der Waals surface area (Å²) >= 11 is 5.04. The van der Waals surface area contributed by atoms with Gasteiger partial charge in [-0.15, -0.1) is 6.58 Å². The standard InChI is InChI=1S/C19H22N2O4S/c1-5-9-21-18(23)14(17(22)20-19(21)26)10-13-7-8-15(25-12(3)4)16(11-13)24-6-2/h5,7-8,10-12H,1,6,9H2,2-4H3,(H,20,22,26). The van der Waals surface area contributed by atoms with Crippen LogP contribution in [0.25, 0.3) is 6.08 Å². The monoisotopic (exact) mass is 374 g/mol. The van der Waals surface area contributed by atoms with Crippen molar-refractivity contribution in [2.24, 2.45) is 0 Å². The predicted octanol–water partition coefficient (Wildman–Crippen LogP) is 2.69. The topological polar surface area (TPSA) is 67.9 Å². The van der Waals surface area contributed by atoms with Gasteiger partial charge < -0.3 is 9.47 Å². The van der Waals surface area contributed by atoms with Crippen molar-refractivity contribution in [1.82, 2.24) is 10.2 Å². The van der Waals surface area contributed by atoms with Crippen LogP contribution in [0.3, 0.4) is 0 Å². The van der Waals surface area contributed by atoms with Crippen LogP contribution in [0.1, 0.15) is 26.3 Å². The van der Waals surface area contributed by atoms with E-state index in [0.29, 0.717) is 23.7 Å². The largest absolute Gasteiger partial charge is 0.490 e. The van der Waals surface area contributed by atoms with E-state index in [4.69, 9.17) is 21.7 Å². The molecule has 1 fully saturated rings. The Labute approximate surface area is 158 Å². The summed E-state index contributed by atoms with van der Waals surface area (Å²) in [6, 6.07) is 5.26. The molecule has 0 radical (unpaired) electrons. The minimum Gasteiger partial charge on any atom is -0.490 e. The average Bonchev–Trinajstić information content (AvgIpc) is 2.57. The van der Waals surface area contributed by atoms with Gasteiger partial charge in [0.05, 0.1) is 12.7 Å². The molecule has 1 saturated heterocycles. The van der Waals surface area contributed by atoms with Crippen LogP contribution in [0, 0.1) is 0 Å². The second kappa shape index (κ2) is 8.62. The summed E-state index contributed by atoms with van der Waals surface area (Å²) in [7, 11) is 0. The van der Waals surface area contributed by atoms with Crippen molar-refractivity contribution in [3.63, 3.8) is 0 Å². The molecule has 1 aromatic carbocycles. The van der Waals surface area contributed by atoms with E-state index < -0.39 is 11.8 Å².